The van der Waals surface area contributed by atoms with E-state index in [9.17, 15) is 9.18 Å². The van der Waals surface area contributed by atoms with Gasteiger partial charge in [0.1, 0.15) is 5.82 Å². The van der Waals surface area contributed by atoms with Gasteiger partial charge in [-0.2, -0.15) is 0 Å². The molecule has 2 atom stereocenters. The summed E-state index contributed by atoms with van der Waals surface area (Å²) in [5.41, 5.74) is 0.524. The summed E-state index contributed by atoms with van der Waals surface area (Å²) in [6.07, 6.45) is 2.91. The van der Waals surface area contributed by atoms with Crippen molar-refractivity contribution in [2.75, 3.05) is 0 Å². The van der Waals surface area contributed by atoms with Crippen LogP contribution in [0.5, 0.6) is 0 Å². The summed E-state index contributed by atoms with van der Waals surface area (Å²) in [5.74, 6) is -1.38. The number of rotatable bonds is 3. The normalized spacial score (nSPS) is 23.9. The lowest BCUT2D eigenvalue weighted by atomic mass is 9.89. The molecule has 1 aromatic carbocycles. The number of aliphatic carboxylic acids is 1. The molecule has 1 saturated carbocycles. The number of halogens is 2. The molecule has 2 nitrogen and oxygen atoms in total. The van der Waals surface area contributed by atoms with Gasteiger partial charge in [-0.15, -0.1) is 0 Å². The Morgan fingerprint density at radius 3 is 2.94 bits per heavy atom. The van der Waals surface area contributed by atoms with Crippen LogP contribution in [0.3, 0.4) is 0 Å². The maximum Gasteiger partial charge on any atom is 0.306 e. The highest BCUT2D eigenvalue weighted by atomic mass is 35.5. The fourth-order valence-electron chi connectivity index (χ4n) is 2.59. The van der Waals surface area contributed by atoms with Crippen LogP contribution in [-0.4, -0.2) is 11.1 Å². The summed E-state index contributed by atoms with van der Waals surface area (Å²) >= 11 is 5.82. The fraction of sp³-hybridized carbons (Fsp3) is 0.462. The zero-order valence-electron chi connectivity index (χ0n) is 9.33. The first-order chi connectivity index (χ1) is 8.08. The van der Waals surface area contributed by atoms with Crippen LogP contribution in [0.2, 0.25) is 5.02 Å². The first kappa shape index (κ1) is 12.4. The number of benzene rings is 1. The molecule has 1 aromatic rings. The highest BCUT2D eigenvalue weighted by Crippen LogP contribution is 2.35. The van der Waals surface area contributed by atoms with Crippen molar-refractivity contribution in [3.05, 3.63) is 34.6 Å². The van der Waals surface area contributed by atoms with Gasteiger partial charge >= 0.3 is 5.97 Å². The van der Waals surface area contributed by atoms with E-state index in [-0.39, 0.29) is 17.7 Å². The van der Waals surface area contributed by atoms with Gasteiger partial charge in [-0.25, -0.2) is 4.39 Å². The molecule has 0 aromatic heterocycles. The standard InChI is InChI=1S/C13H14ClFO2/c14-10-4-5-12(15)9(7-10)6-8-2-1-3-11(8)13(16)17/h4-5,7-8,11H,1-3,6H2,(H,16,17). The number of hydrogen-bond acceptors (Lipinski definition) is 1. The molecule has 0 amide bonds. The maximum absolute atomic E-state index is 13.5. The van der Waals surface area contributed by atoms with Crippen molar-refractivity contribution in [1.82, 2.24) is 0 Å². The molecule has 0 saturated heterocycles. The third-order valence-electron chi connectivity index (χ3n) is 3.47. The molecule has 92 valence electrons. The van der Waals surface area contributed by atoms with Crippen LogP contribution in [0.15, 0.2) is 18.2 Å². The lowest BCUT2D eigenvalue weighted by molar-refractivity contribution is -0.142. The fourth-order valence-corrected chi connectivity index (χ4v) is 2.78. The molecule has 1 fully saturated rings. The van der Waals surface area contributed by atoms with Gasteiger partial charge < -0.3 is 5.11 Å². The predicted molar refractivity (Wildman–Crippen MR) is 63.6 cm³/mol. The van der Waals surface area contributed by atoms with Gasteiger partial charge in [-0.1, -0.05) is 18.0 Å². The number of hydrogen-bond donors (Lipinski definition) is 1. The Morgan fingerprint density at radius 2 is 2.24 bits per heavy atom. The van der Waals surface area contributed by atoms with Gasteiger partial charge in [0.2, 0.25) is 0 Å². The van der Waals surface area contributed by atoms with E-state index in [1.54, 1.807) is 6.07 Å². The largest absolute Gasteiger partial charge is 0.481 e. The third kappa shape index (κ3) is 2.78. The third-order valence-corrected chi connectivity index (χ3v) is 3.70. The molecule has 4 heteroatoms. The van der Waals surface area contributed by atoms with Gasteiger partial charge in [-0.05, 0) is 48.9 Å². The van der Waals surface area contributed by atoms with Gasteiger partial charge in [0, 0.05) is 5.02 Å². The summed E-state index contributed by atoms with van der Waals surface area (Å²) in [7, 11) is 0. The van der Waals surface area contributed by atoms with Gasteiger partial charge in [0.05, 0.1) is 5.92 Å². The van der Waals surface area contributed by atoms with E-state index in [1.807, 2.05) is 0 Å². The SMILES string of the molecule is O=C(O)C1CCCC1Cc1cc(Cl)ccc1F. The summed E-state index contributed by atoms with van der Waals surface area (Å²) in [4.78, 5) is 11.0. The molecule has 2 unspecified atom stereocenters. The molecule has 0 aliphatic heterocycles. The Hall–Kier alpha value is -1.09. The van der Waals surface area contributed by atoms with Crippen molar-refractivity contribution in [3.63, 3.8) is 0 Å². The maximum atomic E-state index is 13.5. The van der Waals surface area contributed by atoms with Crippen molar-refractivity contribution in [1.29, 1.82) is 0 Å². The highest BCUT2D eigenvalue weighted by molar-refractivity contribution is 6.30. The molecule has 1 N–H and O–H groups in total. The van der Waals surface area contributed by atoms with E-state index in [2.05, 4.69) is 0 Å². The molecule has 1 aliphatic carbocycles. The van der Waals surface area contributed by atoms with Crippen molar-refractivity contribution in [2.24, 2.45) is 11.8 Å². The monoisotopic (exact) mass is 256 g/mol. The Kier molecular flexibility index (Phi) is 3.67. The summed E-state index contributed by atoms with van der Waals surface area (Å²) < 4.78 is 13.5. The molecule has 2 rings (SSSR count). The second kappa shape index (κ2) is 5.05. The molecule has 0 heterocycles. The van der Waals surface area contributed by atoms with Crippen molar-refractivity contribution >= 4 is 17.6 Å². The van der Waals surface area contributed by atoms with E-state index in [0.717, 1.165) is 12.8 Å². The van der Waals surface area contributed by atoms with Crippen LogP contribution in [0.25, 0.3) is 0 Å². The van der Waals surface area contributed by atoms with E-state index in [1.165, 1.54) is 12.1 Å². The van der Waals surface area contributed by atoms with Gasteiger partial charge in [0.15, 0.2) is 0 Å². The second-order valence-corrected chi connectivity index (χ2v) is 5.01. The minimum Gasteiger partial charge on any atom is -0.481 e. The lowest BCUT2D eigenvalue weighted by Crippen LogP contribution is -2.20. The number of carboxylic acid groups (broad SMARTS) is 1. The van der Waals surface area contributed by atoms with Crippen LogP contribution >= 0.6 is 11.6 Å². The average molecular weight is 257 g/mol. The molecular formula is C13H14ClFO2. The lowest BCUT2D eigenvalue weighted by Gasteiger charge is -2.16. The second-order valence-electron chi connectivity index (χ2n) is 4.58. The first-order valence-electron chi connectivity index (χ1n) is 5.74. The smallest absolute Gasteiger partial charge is 0.306 e. The zero-order valence-corrected chi connectivity index (χ0v) is 10.1. The average Bonchev–Trinajstić information content (AvgIpc) is 2.71. The number of carbonyl (C=O) groups is 1. The van der Waals surface area contributed by atoms with Crippen LogP contribution in [0.4, 0.5) is 4.39 Å². The van der Waals surface area contributed by atoms with E-state index >= 15 is 0 Å². The topological polar surface area (TPSA) is 37.3 Å². The highest BCUT2D eigenvalue weighted by Gasteiger charge is 2.33. The van der Waals surface area contributed by atoms with Crippen LogP contribution < -0.4 is 0 Å². The molecular weight excluding hydrogens is 243 g/mol. The van der Waals surface area contributed by atoms with Crippen LogP contribution in [0, 0.1) is 17.7 Å². The molecule has 1 aliphatic rings. The van der Waals surface area contributed by atoms with Crippen molar-refractivity contribution < 1.29 is 14.3 Å². The van der Waals surface area contributed by atoms with Crippen LogP contribution in [0.1, 0.15) is 24.8 Å². The minimum atomic E-state index is -0.769. The van der Waals surface area contributed by atoms with Crippen molar-refractivity contribution in [2.45, 2.75) is 25.7 Å². The summed E-state index contributed by atoms with van der Waals surface area (Å²) in [5, 5.41) is 9.56. The minimum absolute atomic E-state index is 0.0282. The zero-order chi connectivity index (χ0) is 12.4. The number of carboxylic acids is 1. The molecule has 17 heavy (non-hydrogen) atoms. The molecule has 0 bridgehead atoms. The Morgan fingerprint density at radius 1 is 1.47 bits per heavy atom. The quantitative estimate of drug-likeness (QED) is 0.898. The Labute approximate surface area is 104 Å². The summed E-state index contributed by atoms with van der Waals surface area (Å²) in [6.45, 7) is 0. The Bertz CT molecular complexity index is 433. The molecule has 0 spiro atoms. The van der Waals surface area contributed by atoms with E-state index in [0.29, 0.717) is 23.4 Å². The van der Waals surface area contributed by atoms with Gasteiger partial charge in [0.25, 0.3) is 0 Å². The van der Waals surface area contributed by atoms with Gasteiger partial charge in [-0.3, -0.25) is 4.79 Å². The van der Waals surface area contributed by atoms with Crippen LogP contribution in [-0.2, 0) is 11.2 Å². The predicted octanol–water partition coefficient (Wildman–Crippen LogP) is 3.52. The Balaban J connectivity index is 2.15. The summed E-state index contributed by atoms with van der Waals surface area (Å²) in [6, 6.07) is 4.43. The molecule has 0 radical (unpaired) electrons. The first-order valence-corrected chi connectivity index (χ1v) is 6.12. The van der Waals surface area contributed by atoms with E-state index in [4.69, 9.17) is 16.7 Å². The van der Waals surface area contributed by atoms with E-state index < -0.39 is 5.97 Å². The van der Waals surface area contributed by atoms with Crippen molar-refractivity contribution in [3.8, 4) is 0 Å².